The van der Waals surface area contributed by atoms with Gasteiger partial charge in [-0.25, -0.2) is 18.4 Å². The Bertz CT molecular complexity index is 1070. The van der Waals surface area contributed by atoms with E-state index in [1.54, 1.807) is 18.5 Å². The van der Waals surface area contributed by atoms with Crippen LogP contribution in [0.4, 0.5) is 5.82 Å². The number of hydrogen-bond donors (Lipinski definition) is 1. The van der Waals surface area contributed by atoms with Gasteiger partial charge in [0.25, 0.3) is 15.9 Å². The van der Waals surface area contributed by atoms with Crippen molar-refractivity contribution in [2.24, 2.45) is 0 Å². The molecular formula is C16H11BrCl2N4O3S. The monoisotopic (exact) mass is 488 g/mol. The third-order valence-electron chi connectivity index (χ3n) is 3.25. The largest absolute Gasteiger partial charge is 0.470 e. The Kier molecular flexibility index (Phi) is 6.15. The van der Waals surface area contributed by atoms with Gasteiger partial charge in [-0.3, -0.25) is 9.71 Å². The van der Waals surface area contributed by atoms with E-state index in [1.165, 1.54) is 24.4 Å². The lowest BCUT2D eigenvalue weighted by Gasteiger charge is -2.13. The highest BCUT2D eigenvalue weighted by molar-refractivity contribution is 9.10. The van der Waals surface area contributed by atoms with Crippen LogP contribution >= 0.6 is 39.1 Å². The maximum atomic E-state index is 12.7. The zero-order valence-electron chi connectivity index (χ0n) is 13.4. The number of rotatable bonds is 6. The summed E-state index contributed by atoms with van der Waals surface area (Å²) in [5.41, 5.74) is 0.783. The van der Waals surface area contributed by atoms with Crippen molar-refractivity contribution in [3.05, 3.63) is 69.1 Å². The first-order chi connectivity index (χ1) is 12.9. The van der Waals surface area contributed by atoms with Crippen LogP contribution in [0.15, 0.2) is 58.4 Å². The highest BCUT2D eigenvalue weighted by atomic mass is 79.9. The molecule has 1 N–H and O–H groups in total. The molecule has 0 aliphatic heterocycles. The fourth-order valence-electron chi connectivity index (χ4n) is 2.03. The molecule has 0 bridgehead atoms. The standard InChI is InChI=1S/C16H11BrCl2N4O3S/c17-13-8-21-15(16(22-13)26-9-10-3-2-6-20-7-10)23-27(24,25)12-5-1-4-11(18)14(12)19/h1-8H,9H2,(H,21,23). The molecule has 27 heavy (non-hydrogen) atoms. The molecule has 0 fully saturated rings. The molecule has 0 amide bonds. The van der Waals surface area contributed by atoms with Gasteiger partial charge in [0.05, 0.1) is 16.2 Å². The smallest absolute Gasteiger partial charge is 0.264 e. The van der Waals surface area contributed by atoms with Crippen LogP contribution in [0.3, 0.4) is 0 Å². The summed E-state index contributed by atoms with van der Waals surface area (Å²) in [5, 5.41) is 0.0315. The van der Waals surface area contributed by atoms with Crippen LogP contribution in [0.25, 0.3) is 0 Å². The number of nitrogens with zero attached hydrogens (tertiary/aromatic N) is 3. The number of benzene rings is 1. The van der Waals surface area contributed by atoms with Gasteiger partial charge in [0.1, 0.15) is 16.1 Å². The molecule has 0 aliphatic carbocycles. The number of anilines is 1. The molecule has 0 radical (unpaired) electrons. The summed E-state index contributed by atoms with van der Waals surface area (Å²) < 4.78 is 33.7. The first kappa shape index (κ1) is 19.8. The average Bonchev–Trinajstić information content (AvgIpc) is 2.64. The van der Waals surface area contributed by atoms with Gasteiger partial charge in [0.15, 0.2) is 0 Å². The van der Waals surface area contributed by atoms with Crippen molar-refractivity contribution in [3.8, 4) is 5.88 Å². The van der Waals surface area contributed by atoms with Crippen LogP contribution < -0.4 is 9.46 Å². The third kappa shape index (κ3) is 4.86. The lowest BCUT2D eigenvalue weighted by Crippen LogP contribution is -2.16. The van der Waals surface area contributed by atoms with Gasteiger partial charge in [-0.05, 0) is 34.1 Å². The number of sulfonamides is 1. The number of aromatic nitrogens is 3. The van der Waals surface area contributed by atoms with Crippen LogP contribution in [-0.2, 0) is 16.6 Å². The predicted molar refractivity (Wildman–Crippen MR) is 106 cm³/mol. The lowest BCUT2D eigenvalue weighted by molar-refractivity contribution is 0.293. The molecule has 0 saturated carbocycles. The molecule has 1 aromatic carbocycles. The summed E-state index contributed by atoms with van der Waals surface area (Å²) in [5.74, 6) is -0.0897. The van der Waals surface area contributed by atoms with Crippen LogP contribution in [0, 0.1) is 0 Å². The Morgan fingerprint density at radius 2 is 1.96 bits per heavy atom. The zero-order valence-corrected chi connectivity index (χ0v) is 17.3. The molecule has 0 aliphatic rings. The molecule has 0 spiro atoms. The zero-order chi connectivity index (χ0) is 19.4. The Balaban J connectivity index is 1.89. The van der Waals surface area contributed by atoms with Crippen molar-refractivity contribution in [2.75, 3.05) is 4.72 Å². The van der Waals surface area contributed by atoms with Crippen molar-refractivity contribution in [3.63, 3.8) is 0 Å². The van der Waals surface area contributed by atoms with Crippen molar-refractivity contribution >= 4 is 55.0 Å². The average molecular weight is 490 g/mol. The number of hydrogen-bond acceptors (Lipinski definition) is 6. The van der Waals surface area contributed by atoms with Crippen LogP contribution in [-0.4, -0.2) is 23.4 Å². The molecular weight excluding hydrogens is 479 g/mol. The normalized spacial score (nSPS) is 11.2. The van der Waals surface area contributed by atoms with Gasteiger partial charge < -0.3 is 4.74 Å². The van der Waals surface area contributed by atoms with Crippen LogP contribution in [0.1, 0.15) is 5.56 Å². The van der Waals surface area contributed by atoms with Crippen LogP contribution in [0.5, 0.6) is 5.88 Å². The maximum absolute atomic E-state index is 12.7. The van der Waals surface area contributed by atoms with E-state index in [4.69, 9.17) is 27.9 Å². The van der Waals surface area contributed by atoms with E-state index in [1.807, 2.05) is 6.07 Å². The first-order valence-corrected chi connectivity index (χ1v) is 10.4. The van der Waals surface area contributed by atoms with E-state index in [9.17, 15) is 8.42 Å². The maximum Gasteiger partial charge on any atom is 0.264 e. The van der Waals surface area contributed by atoms with E-state index in [-0.39, 0.29) is 33.2 Å². The quantitative estimate of drug-likeness (QED) is 0.554. The molecule has 7 nitrogen and oxygen atoms in total. The SMILES string of the molecule is O=S(=O)(Nc1ncc(Br)nc1OCc1cccnc1)c1cccc(Cl)c1Cl. The highest BCUT2D eigenvalue weighted by Crippen LogP contribution is 2.31. The first-order valence-electron chi connectivity index (χ1n) is 7.38. The molecule has 0 atom stereocenters. The third-order valence-corrected chi connectivity index (χ3v) is 5.94. The van der Waals surface area contributed by atoms with Gasteiger partial charge in [-0.1, -0.05) is 35.3 Å². The molecule has 3 aromatic rings. The Morgan fingerprint density at radius 3 is 2.70 bits per heavy atom. The minimum atomic E-state index is -4.06. The van der Waals surface area contributed by atoms with E-state index in [0.29, 0.717) is 4.60 Å². The fraction of sp³-hybridized carbons (Fsp3) is 0.0625. The van der Waals surface area contributed by atoms with E-state index in [2.05, 4.69) is 35.6 Å². The minimum absolute atomic E-state index is 0.00467. The summed E-state index contributed by atoms with van der Waals surface area (Å²) in [4.78, 5) is 12.0. The Hall–Kier alpha value is -1.94. The molecule has 0 saturated heterocycles. The van der Waals surface area contributed by atoms with E-state index >= 15 is 0 Å². The molecule has 3 rings (SSSR count). The van der Waals surface area contributed by atoms with Gasteiger partial charge in [0, 0.05) is 18.0 Å². The molecule has 2 heterocycles. The minimum Gasteiger partial charge on any atom is -0.470 e. The number of halogens is 3. The molecule has 11 heteroatoms. The van der Waals surface area contributed by atoms with Gasteiger partial charge in [0.2, 0.25) is 5.82 Å². The summed E-state index contributed by atoms with van der Waals surface area (Å²) in [6, 6.07) is 7.88. The van der Waals surface area contributed by atoms with E-state index in [0.717, 1.165) is 5.56 Å². The fourth-order valence-corrected chi connectivity index (χ4v) is 4.06. The second kappa shape index (κ2) is 8.39. The highest BCUT2D eigenvalue weighted by Gasteiger charge is 2.22. The van der Waals surface area contributed by atoms with Gasteiger partial charge >= 0.3 is 0 Å². The second-order valence-corrected chi connectivity index (χ2v) is 8.40. The van der Waals surface area contributed by atoms with Crippen molar-refractivity contribution in [2.45, 2.75) is 11.5 Å². The lowest BCUT2D eigenvalue weighted by atomic mass is 10.3. The van der Waals surface area contributed by atoms with Gasteiger partial charge in [-0.2, -0.15) is 0 Å². The van der Waals surface area contributed by atoms with Crippen molar-refractivity contribution in [1.82, 2.24) is 15.0 Å². The van der Waals surface area contributed by atoms with E-state index < -0.39 is 10.0 Å². The molecule has 140 valence electrons. The van der Waals surface area contributed by atoms with Gasteiger partial charge in [-0.15, -0.1) is 0 Å². The molecule has 2 aromatic heterocycles. The Labute approximate surface area is 173 Å². The number of pyridine rings is 1. The van der Waals surface area contributed by atoms with Crippen molar-refractivity contribution in [1.29, 1.82) is 0 Å². The summed E-state index contributed by atoms with van der Waals surface area (Å²) in [7, 11) is -4.06. The predicted octanol–water partition coefficient (Wildman–Crippen LogP) is 4.32. The molecule has 0 unspecified atom stereocenters. The number of nitrogens with one attached hydrogen (secondary N) is 1. The summed E-state index contributed by atoms with van der Waals surface area (Å²) >= 11 is 15.1. The topological polar surface area (TPSA) is 94.1 Å². The van der Waals surface area contributed by atoms with Crippen molar-refractivity contribution < 1.29 is 13.2 Å². The number of ether oxygens (including phenoxy) is 1. The second-order valence-electron chi connectivity index (χ2n) is 5.15. The van der Waals surface area contributed by atoms with Crippen LogP contribution in [0.2, 0.25) is 10.0 Å². The summed E-state index contributed by atoms with van der Waals surface area (Å²) in [6.45, 7) is 0.131. The summed E-state index contributed by atoms with van der Waals surface area (Å²) in [6.07, 6.45) is 4.60. The Morgan fingerprint density at radius 1 is 1.15 bits per heavy atom.